The van der Waals surface area contributed by atoms with E-state index in [9.17, 15) is 4.39 Å². The van der Waals surface area contributed by atoms with Crippen molar-refractivity contribution in [3.63, 3.8) is 0 Å². The predicted molar refractivity (Wildman–Crippen MR) is 67.3 cm³/mol. The van der Waals surface area contributed by atoms with E-state index in [1.165, 1.54) is 12.4 Å². The van der Waals surface area contributed by atoms with E-state index in [2.05, 4.69) is 9.97 Å². The van der Waals surface area contributed by atoms with Gasteiger partial charge in [-0.05, 0) is 12.8 Å². The number of anilines is 1. The summed E-state index contributed by atoms with van der Waals surface area (Å²) >= 11 is 0. The van der Waals surface area contributed by atoms with Gasteiger partial charge in [-0.25, -0.2) is 14.4 Å². The van der Waals surface area contributed by atoms with Crippen molar-refractivity contribution in [2.45, 2.75) is 37.5 Å². The summed E-state index contributed by atoms with van der Waals surface area (Å²) in [4.78, 5) is 10.1. The second-order valence-corrected chi connectivity index (χ2v) is 5.15. The number of ether oxygens (including phenoxy) is 2. The van der Waals surface area contributed by atoms with Gasteiger partial charge in [0.05, 0.1) is 25.6 Å². The SMILES string of the molecule is CN(c1ncc(F)cn1)C1CCC2(CC1)OCCO2. The highest BCUT2D eigenvalue weighted by molar-refractivity contribution is 5.29. The minimum atomic E-state index is -0.410. The van der Waals surface area contributed by atoms with Crippen LogP contribution in [-0.4, -0.2) is 42.1 Å². The van der Waals surface area contributed by atoms with Crippen LogP contribution in [0, 0.1) is 5.82 Å². The number of rotatable bonds is 2. The molecule has 2 fully saturated rings. The monoisotopic (exact) mass is 267 g/mol. The third-order valence-electron chi connectivity index (χ3n) is 4.00. The molecule has 5 nitrogen and oxygen atoms in total. The van der Waals surface area contributed by atoms with Crippen LogP contribution < -0.4 is 4.90 Å². The molecule has 0 bridgehead atoms. The zero-order valence-electron chi connectivity index (χ0n) is 11.0. The van der Waals surface area contributed by atoms with E-state index in [1.54, 1.807) is 0 Å². The number of hydrogen-bond acceptors (Lipinski definition) is 5. The second-order valence-electron chi connectivity index (χ2n) is 5.15. The summed E-state index contributed by atoms with van der Waals surface area (Å²) in [5, 5.41) is 0. The van der Waals surface area contributed by atoms with Gasteiger partial charge in [0.25, 0.3) is 0 Å². The van der Waals surface area contributed by atoms with Crippen LogP contribution in [0.4, 0.5) is 10.3 Å². The quantitative estimate of drug-likeness (QED) is 0.816. The lowest BCUT2D eigenvalue weighted by Gasteiger charge is -2.38. The van der Waals surface area contributed by atoms with Crippen molar-refractivity contribution in [1.82, 2.24) is 9.97 Å². The standard InChI is InChI=1S/C13H18FN3O2/c1-17(12-15-8-10(14)9-16-12)11-2-4-13(5-3-11)18-6-7-19-13/h8-9,11H,2-7H2,1H3. The topological polar surface area (TPSA) is 47.5 Å². The Kier molecular flexibility index (Phi) is 3.36. The molecule has 1 aromatic rings. The van der Waals surface area contributed by atoms with E-state index in [-0.39, 0.29) is 5.79 Å². The third kappa shape index (κ3) is 2.55. The maximum absolute atomic E-state index is 12.8. The fraction of sp³-hybridized carbons (Fsp3) is 0.692. The molecule has 3 rings (SSSR count). The van der Waals surface area contributed by atoms with Gasteiger partial charge in [0, 0.05) is 25.9 Å². The molecule has 104 valence electrons. The van der Waals surface area contributed by atoms with Gasteiger partial charge in [-0.15, -0.1) is 0 Å². The van der Waals surface area contributed by atoms with Gasteiger partial charge in [0.1, 0.15) is 0 Å². The van der Waals surface area contributed by atoms with Crippen LogP contribution in [-0.2, 0) is 9.47 Å². The van der Waals surface area contributed by atoms with Gasteiger partial charge in [-0.1, -0.05) is 0 Å². The molecule has 0 aromatic carbocycles. The van der Waals surface area contributed by atoms with Crippen molar-refractivity contribution >= 4 is 5.95 Å². The molecule has 1 aliphatic carbocycles. The Labute approximate surface area is 111 Å². The minimum Gasteiger partial charge on any atom is -0.348 e. The molecule has 1 saturated heterocycles. The van der Waals surface area contributed by atoms with Gasteiger partial charge >= 0.3 is 0 Å². The molecule has 0 atom stereocenters. The number of aromatic nitrogens is 2. The molecule has 19 heavy (non-hydrogen) atoms. The molecule has 0 N–H and O–H groups in total. The molecule has 1 saturated carbocycles. The predicted octanol–water partition coefficient (Wildman–Crippen LogP) is 1.74. The number of hydrogen-bond donors (Lipinski definition) is 0. The van der Waals surface area contributed by atoms with Crippen LogP contribution in [0.1, 0.15) is 25.7 Å². The summed E-state index contributed by atoms with van der Waals surface area (Å²) in [5.41, 5.74) is 0. The first kappa shape index (κ1) is 12.7. The van der Waals surface area contributed by atoms with E-state index >= 15 is 0 Å². The first-order valence-electron chi connectivity index (χ1n) is 6.67. The third-order valence-corrected chi connectivity index (χ3v) is 4.00. The van der Waals surface area contributed by atoms with Crippen LogP contribution in [0.25, 0.3) is 0 Å². The largest absolute Gasteiger partial charge is 0.348 e. The highest BCUT2D eigenvalue weighted by Crippen LogP contribution is 2.37. The average Bonchev–Trinajstić information content (AvgIpc) is 2.88. The van der Waals surface area contributed by atoms with Crippen molar-refractivity contribution < 1.29 is 13.9 Å². The highest BCUT2D eigenvalue weighted by Gasteiger charge is 2.41. The van der Waals surface area contributed by atoms with E-state index in [4.69, 9.17) is 9.47 Å². The Balaban J connectivity index is 1.63. The fourth-order valence-electron chi connectivity index (χ4n) is 2.87. The van der Waals surface area contributed by atoms with Crippen LogP contribution >= 0.6 is 0 Å². The summed E-state index contributed by atoms with van der Waals surface area (Å²) in [7, 11) is 1.95. The molecule has 0 amide bonds. The molecule has 1 spiro atoms. The summed E-state index contributed by atoms with van der Waals surface area (Å²) in [6.07, 6.45) is 6.12. The Morgan fingerprint density at radius 2 is 1.79 bits per heavy atom. The smallest absolute Gasteiger partial charge is 0.225 e. The highest BCUT2D eigenvalue weighted by atomic mass is 19.1. The van der Waals surface area contributed by atoms with Gasteiger partial charge in [-0.2, -0.15) is 0 Å². The lowest BCUT2D eigenvalue weighted by Crippen LogP contribution is -2.43. The first-order chi connectivity index (χ1) is 9.19. The second kappa shape index (κ2) is 5.02. The van der Waals surface area contributed by atoms with Gasteiger partial charge in [-0.3, -0.25) is 0 Å². The Hall–Kier alpha value is -1.27. The molecule has 0 radical (unpaired) electrons. The van der Waals surface area contributed by atoms with Crippen LogP contribution in [0.15, 0.2) is 12.4 Å². The Morgan fingerprint density at radius 3 is 2.37 bits per heavy atom. The van der Waals surface area contributed by atoms with E-state index in [0.717, 1.165) is 25.7 Å². The molecule has 1 aliphatic heterocycles. The van der Waals surface area contributed by atoms with E-state index < -0.39 is 5.82 Å². The maximum atomic E-state index is 12.8. The summed E-state index contributed by atoms with van der Waals surface area (Å²) in [5.74, 6) is -0.191. The minimum absolute atomic E-state index is 0.346. The Morgan fingerprint density at radius 1 is 1.21 bits per heavy atom. The van der Waals surface area contributed by atoms with Crippen LogP contribution in [0.5, 0.6) is 0 Å². The van der Waals surface area contributed by atoms with E-state index in [0.29, 0.717) is 25.2 Å². The summed E-state index contributed by atoms with van der Waals surface area (Å²) in [6.45, 7) is 1.39. The lowest BCUT2D eigenvalue weighted by molar-refractivity contribution is -0.178. The maximum Gasteiger partial charge on any atom is 0.225 e. The number of halogens is 1. The molecule has 1 aromatic heterocycles. The van der Waals surface area contributed by atoms with Crippen LogP contribution in [0.2, 0.25) is 0 Å². The molecule has 2 aliphatic rings. The summed E-state index contributed by atoms with van der Waals surface area (Å²) < 4.78 is 24.2. The lowest BCUT2D eigenvalue weighted by atomic mass is 9.89. The van der Waals surface area contributed by atoms with Gasteiger partial charge < -0.3 is 14.4 Å². The van der Waals surface area contributed by atoms with Crippen LogP contribution in [0.3, 0.4) is 0 Å². The normalized spacial score (nSPS) is 22.8. The fourth-order valence-corrected chi connectivity index (χ4v) is 2.87. The number of nitrogens with zero attached hydrogens (tertiary/aromatic N) is 3. The van der Waals surface area contributed by atoms with Crippen molar-refractivity contribution in [2.75, 3.05) is 25.2 Å². The van der Waals surface area contributed by atoms with Gasteiger partial charge in [0.2, 0.25) is 5.95 Å². The zero-order valence-corrected chi connectivity index (χ0v) is 11.0. The molecular formula is C13H18FN3O2. The average molecular weight is 267 g/mol. The molecular weight excluding hydrogens is 249 g/mol. The summed E-state index contributed by atoms with van der Waals surface area (Å²) in [6, 6.07) is 0.351. The molecule has 0 unspecified atom stereocenters. The van der Waals surface area contributed by atoms with Crippen molar-refractivity contribution in [3.05, 3.63) is 18.2 Å². The van der Waals surface area contributed by atoms with Crippen molar-refractivity contribution in [3.8, 4) is 0 Å². The van der Waals surface area contributed by atoms with Crippen molar-refractivity contribution in [2.24, 2.45) is 0 Å². The first-order valence-corrected chi connectivity index (χ1v) is 6.67. The van der Waals surface area contributed by atoms with Crippen molar-refractivity contribution in [1.29, 1.82) is 0 Å². The molecule has 2 heterocycles. The molecule has 6 heteroatoms. The zero-order chi connectivity index (χ0) is 13.3. The van der Waals surface area contributed by atoms with E-state index in [1.807, 2.05) is 11.9 Å². The Bertz CT molecular complexity index is 424. The van der Waals surface area contributed by atoms with Gasteiger partial charge in [0.15, 0.2) is 11.6 Å².